The predicted octanol–water partition coefficient (Wildman–Crippen LogP) is 6.56. The molecule has 0 heterocycles. The number of hydrogen-bond acceptors (Lipinski definition) is 5. The lowest BCUT2D eigenvalue weighted by molar-refractivity contribution is -0.152. The number of esters is 1. The number of alkyl halides is 2. The van der Waals surface area contributed by atoms with Crippen LogP contribution in [-0.4, -0.2) is 57.9 Å². The zero-order chi connectivity index (χ0) is 29.7. The molecule has 0 saturated heterocycles. The zero-order valence-electron chi connectivity index (χ0n) is 25.0. The number of amides is 2. The van der Waals surface area contributed by atoms with Crippen molar-refractivity contribution in [3.05, 3.63) is 12.2 Å². The topological polar surface area (TPSA) is 105 Å². The molecule has 3 atom stereocenters. The van der Waals surface area contributed by atoms with Gasteiger partial charge in [-0.25, -0.2) is 0 Å². The van der Waals surface area contributed by atoms with Gasteiger partial charge in [0.15, 0.2) is 0 Å². The molecule has 0 aromatic rings. The number of unbranched alkanes of at least 4 members (excludes halogenated alkanes) is 7. The Hall–Kier alpha value is -1.31. The molecule has 39 heavy (non-hydrogen) atoms. The first kappa shape index (κ1) is 37.7. The summed E-state index contributed by atoms with van der Waals surface area (Å²) in [6.45, 7) is 10.1. The van der Waals surface area contributed by atoms with Gasteiger partial charge in [-0.2, -0.15) is 0 Å². The molecule has 7 nitrogen and oxygen atoms in total. The van der Waals surface area contributed by atoms with E-state index in [0.29, 0.717) is 25.7 Å². The summed E-state index contributed by atoms with van der Waals surface area (Å²) in [6, 6.07) is 0. The second kappa shape index (κ2) is 21.4. The molecule has 3 unspecified atom stereocenters. The van der Waals surface area contributed by atoms with Crippen LogP contribution in [0.15, 0.2) is 12.2 Å². The third-order valence-corrected chi connectivity index (χ3v) is 7.35. The first-order valence-corrected chi connectivity index (χ1v) is 15.7. The molecule has 228 valence electrons. The molecule has 2 amide bonds. The molecular weight excluding hydrogens is 539 g/mol. The number of aliphatic hydroxyl groups excluding tert-OH is 1. The van der Waals surface area contributed by atoms with E-state index in [1.807, 2.05) is 33.8 Å². The molecule has 0 rings (SSSR count). The van der Waals surface area contributed by atoms with Crippen LogP contribution >= 0.6 is 23.2 Å². The van der Waals surface area contributed by atoms with Crippen molar-refractivity contribution in [3.63, 3.8) is 0 Å². The predicted molar refractivity (Wildman–Crippen MR) is 161 cm³/mol. The Morgan fingerprint density at radius 2 is 1.54 bits per heavy atom. The molecule has 0 aliphatic carbocycles. The Morgan fingerprint density at radius 1 is 0.872 bits per heavy atom. The first-order valence-electron chi connectivity index (χ1n) is 14.7. The second-order valence-electron chi connectivity index (χ2n) is 11.4. The largest absolute Gasteiger partial charge is 0.459 e. The highest BCUT2D eigenvalue weighted by Gasteiger charge is 2.33. The molecule has 0 bridgehead atoms. The number of allylic oxidation sites excluding steroid dienone is 1. The molecule has 0 saturated carbocycles. The minimum Gasteiger partial charge on any atom is -0.459 e. The monoisotopic (exact) mass is 592 g/mol. The van der Waals surface area contributed by atoms with E-state index in [1.165, 1.54) is 0 Å². The van der Waals surface area contributed by atoms with Crippen LogP contribution in [0, 0.1) is 0 Å². The fraction of sp³-hybridized carbons (Fsp3) is 0.833. The third kappa shape index (κ3) is 19.4. The molecule has 0 spiro atoms. The number of ether oxygens (including phenoxy) is 1. The highest BCUT2D eigenvalue weighted by atomic mass is 35.5. The normalized spacial score (nSPS) is 15.0. The first-order chi connectivity index (χ1) is 18.4. The molecule has 9 heteroatoms. The van der Waals surface area contributed by atoms with Crippen molar-refractivity contribution in [2.24, 2.45) is 0 Å². The van der Waals surface area contributed by atoms with E-state index in [1.54, 1.807) is 0 Å². The Balaban J connectivity index is 4.20. The summed E-state index contributed by atoms with van der Waals surface area (Å²) in [6.07, 6.45) is 14.8. The zero-order valence-corrected chi connectivity index (χ0v) is 26.5. The highest BCUT2D eigenvalue weighted by Crippen LogP contribution is 2.24. The summed E-state index contributed by atoms with van der Waals surface area (Å²) in [5.74, 6) is -0.938. The maximum atomic E-state index is 12.6. The number of carbonyl (C=O) groups is 3. The fourth-order valence-electron chi connectivity index (χ4n) is 4.80. The Kier molecular flexibility index (Phi) is 20.7. The summed E-state index contributed by atoms with van der Waals surface area (Å²) < 4.78 is 5.33. The van der Waals surface area contributed by atoms with Crippen molar-refractivity contribution in [3.8, 4) is 0 Å². The maximum Gasteiger partial charge on any atom is 0.321 e. The van der Waals surface area contributed by atoms with E-state index in [0.717, 1.165) is 64.2 Å². The quantitative estimate of drug-likeness (QED) is 0.0539. The van der Waals surface area contributed by atoms with Crippen LogP contribution in [0.4, 0.5) is 0 Å². The van der Waals surface area contributed by atoms with Gasteiger partial charge in [-0.1, -0.05) is 58.1 Å². The minimum atomic E-state index is -0.721. The standard InChI is InChI=1S/C30H54Cl2N2O5/c1-6-8-15-19-25(39-28(38)22-32)24(35)18-16-13-11-9-10-12-14-17-20-26(36)34-30(5,7-2)23-29(3,4)33-27(37)21-31/h13,16,24-25,35H,6-12,14-15,17-23H2,1-5H3,(H,33,37)(H,34,36). The summed E-state index contributed by atoms with van der Waals surface area (Å²) in [7, 11) is 0. The smallest absolute Gasteiger partial charge is 0.321 e. The van der Waals surface area contributed by atoms with Crippen LogP contribution in [0.2, 0.25) is 0 Å². The lowest BCUT2D eigenvalue weighted by atomic mass is 9.83. The van der Waals surface area contributed by atoms with Gasteiger partial charge in [0, 0.05) is 17.5 Å². The van der Waals surface area contributed by atoms with Gasteiger partial charge in [0.2, 0.25) is 11.8 Å². The van der Waals surface area contributed by atoms with E-state index in [2.05, 4.69) is 23.6 Å². The van der Waals surface area contributed by atoms with Gasteiger partial charge in [-0.15, -0.1) is 23.2 Å². The SMILES string of the molecule is CCCCCC(OC(=O)CCl)C(O)CC=CCCCCCCCC(=O)NC(C)(CC)CC(C)(C)NC(=O)CCl. The minimum absolute atomic E-state index is 0.0463. The lowest BCUT2D eigenvalue weighted by Gasteiger charge is -2.38. The molecule has 0 fully saturated rings. The number of halogens is 2. The van der Waals surface area contributed by atoms with Crippen LogP contribution in [0.3, 0.4) is 0 Å². The Morgan fingerprint density at radius 3 is 2.15 bits per heavy atom. The molecule has 0 aliphatic heterocycles. The summed E-state index contributed by atoms with van der Waals surface area (Å²) in [4.78, 5) is 35.8. The average molecular weight is 594 g/mol. The van der Waals surface area contributed by atoms with Crippen molar-refractivity contribution in [1.82, 2.24) is 10.6 Å². The third-order valence-electron chi connectivity index (χ3n) is 6.88. The molecule has 3 N–H and O–H groups in total. The molecule has 0 radical (unpaired) electrons. The Labute approximate surface area is 247 Å². The fourth-order valence-corrected chi connectivity index (χ4v) is 4.93. The van der Waals surface area contributed by atoms with Crippen LogP contribution in [-0.2, 0) is 19.1 Å². The number of hydrogen-bond donors (Lipinski definition) is 3. The van der Waals surface area contributed by atoms with Gasteiger partial charge in [0.25, 0.3) is 0 Å². The number of nitrogens with one attached hydrogen (secondary N) is 2. The van der Waals surface area contributed by atoms with Crippen molar-refractivity contribution in [1.29, 1.82) is 0 Å². The molecule has 0 aliphatic rings. The molecule has 0 aromatic heterocycles. The van der Waals surface area contributed by atoms with Crippen LogP contribution in [0.1, 0.15) is 125 Å². The van der Waals surface area contributed by atoms with Crippen LogP contribution in [0.5, 0.6) is 0 Å². The van der Waals surface area contributed by atoms with E-state index in [-0.39, 0.29) is 23.6 Å². The van der Waals surface area contributed by atoms with Gasteiger partial charge in [-0.05, 0) is 72.1 Å². The summed E-state index contributed by atoms with van der Waals surface area (Å²) >= 11 is 11.2. The summed E-state index contributed by atoms with van der Waals surface area (Å²) in [5.41, 5.74) is -0.870. The van der Waals surface area contributed by atoms with Crippen LogP contribution < -0.4 is 10.6 Å². The van der Waals surface area contributed by atoms with Crippen molar-refractivity contribution >= 4 is 41.0 Å². The van der Waals surface area contributed by atoms with E-state index in [4.69, 9.17) is 27.9 Å². The summed E-state index contributed by atoms with van der Waals surface area (Å²) in [5, 5.41) is 16.6. The highest BCUT2D eigenvalue weighted by molar-refractivity contribution is 6.27. The van der Waals surface area contributed by atoms with Gasteiger partial charge in [0.05, 0.1) is 6.10 Å². The van der Waals surface area contributed by atoms with E-state index in [9.17, 15) is 19.5 Å². The number of carbonyl (C=O) groups excluding carboxylic acids is 3. The molecular formula is C30H54Cl2N2O5. The van der Waals surface area contributed by atoms with Gasteiger partial charge in [-0.3, -0.25) is 14.4 Å². The average Bonchev–Trinajstić information content (AvgIpc) is 2.88. The van der Waals surface area contributed by atoms with Crippen molar-refractivity contribution < 1.29 is 24.2 Å². The van der Waals surface area contributed by atoms with E-state index >= 15 is 0 Å². The lowest BCUT2D eigenvalue weighted by Crippen LogP contribution is -2.55. The van der Waals surface area contributed by atoms with E-state index < -0.39 is 29.3 Å². The second-order valence-corrected chi connectivity index (χ2v) is 12.0. The van der Waals surface area contributed by atoms with Crippen LogP contribution in [0.25, 0.3) is 0 Å². The van der Waals surface area contributed by atoms with Gasteiger partial charge >= 0.3 is 5.97 Å². The number of rotatable bonds is 23. The number of aliphatic hydroxyl groups is 1. The van der Waals surface area contributed by atoms with Gasteiger partial charge in [0.1, 0.15) is 17.9 Å². The Bertz CT molecular complexity index is 732. The van der Waals surface area contributed by atoms with Crippen molar-refractivity contribution in [2.75, 3.05) is 11.8 Å². The van der Waals surface area contributed by atoms with Crippen molar-refractivity contribution in [2.45, 2.75) is 148 Å². The van der Waals surface area contributed by atoms with Gasteiger partial charge < -0.3 is 20.5 Å². The molecule has 0 aromatic carbocycles. The maximum absolute atomic E-state index is 12.6.